The Labute approximate surface area is 410 Å². The zero-order chi connectivity index (χ0) is 48.7. The van der Waals surface area contributed by atoms with Crippen molar-refractivity contribution in [3.05, 3.63) is 119 Å². The molecule has 3 amide bonds. The first-order chi connectivity index (χ1) is 33.2. The molecule has 2 aliphatic heterocycles. The quantitative estimate of drug-likeness (QED) is 0.0614. The van der Waals surface area contributed by atoms with E-state index in [2.05, 4.69) is 32.7 Å². The number of nitrogens with one attached hydrogen (secondary N) is 2. The number of aliphatic hydroxyl groups excluding tert-OH is 1. The zero-order valence-electron chi connectivity index (χ0n) is 39.4. The summed E-state index contributed by atoms with van der Waals surface area (Å²) in [4.78, 5) is 50.6. The second kappa shape index (κ2) is 22.3. The number of aliphatic hydroxyl groups is 1. The van der Waals surface area contributed by atoms with Gasteiger partial charge >= 0.3 is 0 Å². The number of aryl methyl sites for hydroxylation is 1. The van der Waals surface area contributed by atoms with Crippen LogP contribution in [0.1, 0.15) is 62.8 Å². The van der Waals surface area contributed by atoms with Gasteiger partial charge in [0.15, 0.2) is 5.75 Å². The van der Waals surface area contributed by atoms with Gasteiger partial charge in [0.2, 0.25) is 17.7 Å². The van der Waals surface area contributed by atoms with Gasteiger partial charge in [-0.05, 0) is 109 Å². The number of ether oxygens (including phenoxy) is 3. The summed E-state index contributed by atoms with van der Waals surface area (Å²) in [5.41, 5.74) is 6.14. The predicted octanol–water partition coefficient (Wildman–Crippen LogP) is 8.66. The number of carbonyl (C=O) groups excluding carboxylic acids is 3. The van der Waals surface area contributed by atoms with E-state index in [0.717, 1.165) is 74.7 Å². The number of β-amino-alcohol motifs (C(OH)–C–C–N with tert-alkyl or cyclic N) is 1. The van der Waals surface area contributed by atoms with Crippen LogP contribution in [-0.2, 0) is 30.4 Å². The van der Waals surface area contributed by atoms with E-state index in [0.29, 0.717) is 30.6 Å². The molecule has 2 saturated heterocycles. The average molecular weight is 978 g/mol. The van der Waals surface area contributed by atoms with Crippen molar-refractivity contribution in [3.63, 3.8) is 0 Å². The fourth-order valence-corrected chi connectivity index (χ4v) is 10.9. The number of carbonyl (C=O) groups is 3. The molecular formula is C53H60FN5O8S2. The number of thiophene rings is 1. The first-order valence-electron chi connectivity index (χ1n) is 23.4. The summed E-state index contributed by atoms with van der Waals surface area (Å²) in [7, 11) is 0. The van der Waals surface area contributed by atoms with Crippen LogP contribution in [0.15, 0.2) is 96.5 Å². The molecule has 4 N–H and O–H groups in total. The minimum absolute atomic E-state index is 0.00935. The van der Waals surface area contributed by atoms with Gasteiger partial charge in [-0.25, -0.2) is 9.37 Å². The molecule has 0 spiro atoms. The number of thiazole rings is 1. The lowest BCUT2D eigenvalue weighted by Crippen LogP contribution is -2.58. The number of piperidine rings is 1. The van der Waals surface area contributed by atoms with E-state index in [9.17, 15) is 29.0 Å². The number of hydrogen-bond donors (Lipinski definition) is 4. The number of nitrogens with zero attached hydrogens (tertiary/aromatic N) is 3. The molecule has 4 heterocycles. The van der Waals surface area contributed by atoms with Crippen LogP contribution in [0.25, 0.3) is 31.0 Å². The fraction of sp³-hybridized carbons (Fsp3) is 0.396. The van der Waals surface area contributed by atoms with Crippen LogP contribution >= 0.6 is 22.7 Å². The van der Waals surface area contributed by atoms with Gasteiger partial charge in [0, 0.05) is 36.1 Å². The van der Waals surface area contributed by atoms with Gasteiger partial charge in [0.05, 0.1) is 46.9 Å². The maximum atomic E-state index is 14.0. The Morgan fingerprint density at radius 3 is 2.29 bits per heavy atom. The maximum absolute atomic E-state index is 14.0. The second-order valence-corrected chi connectivity index (χ2v) is 20.8. The van der Waals surface area contributed by atoms with Crippen LogP contribution in [0.2, 0.25) is 0 Å². The highest BCUT2D eigenvalue weighted by atomic mass is 32.1. The Morgan fingerprint density at radius 2 is 1.59 bits per heavy atom. The molecule has 0 radical (unpaired) electrons. The summed E-state index contributed by atoms with van der Waals surface area (Å²) in [5, 5.41) is 27.3. The number of benzene rings is 4. The topological polar surface area (TPSA) is 163 Å². The number of likely N-dealkylation sites (tertiary alicyclic amines) is 2. The molecule has 69 heavy (non-hydrogen) atoms. The Bertz CT molecular complexity index is 2700. The van der Waals surface area contributed by atoms with E-state index in [1.807, 2.05) is 75.7 Å². The smallest absolute Gasteiger partial charge is 0.246 e. The molecule has 3 atom stereocenters. The van der Waals surface area contributed by atoms with Crippen LogP contribution in [-0.4, -0.2) is 114 Å². The van der Waals surface area contributed by atoms with Crippen LogP contribution in [0.5, 0.6) is 17.2 Å². The van der Waals surface area contributed by atoms with Crippen molar-refractivity contribution < 1.29 is 43.2 Å². The van der Waals surface area contributed by atoms with Gasteiger partial charge in [-0.15, -0.1) is 22.7 Å². The Hall–Kier alpha value is -5.75. The van der Waals surface area contributed by atoms with Crippen molar-refractivity contribution in [2.24, 2.45) is 5.41 Å². The molecule has 0 aliphatic carbocycles. The summed E-state index contributed by atoms with van der Waals surface area (Å²) < 4.78 is 32.6. The highest BCUT2D eigenvalue weighted by molar-refractivity contribution is 7.22. The number of phenolic OH excluding ortho intramolecular Hbond substituents is 1. The van der Waals surface area contributed by atoms with Crippen LogP contribution in [0.3, 0.4) is 0 Å². The van der Waals surface area contributed by atoms with Crippen LogP contribution in [0, 0.1) is 18.2 Å². The first-order valence-corrected chi connectivity index (χ1v) is 25.1. The SMILES string of the molecule is Cc1ncsc1-c1ccc(CNC(=O)[C@@H]2C[C@@H](O)CN2C(=O)C(NC(=O)COCCOCCN2CCC(c3ccc(Oc4c(-c5ccc(F)cc5)sc5cc(O)ccc45)cc3)CC2)C(C)(C)C)cc1. The van der Waals surface area contributed by atoms with Crippen LogP contribution in [0.4, 0.5) is 4.39 Å². The molecule has 4 aromatic carbocycles. The van der Waals surface area contributed by atoms with E-state index >= 15 is 0 Å². The van der Waals surface area contributed by atoms with Crippen molar-refractivity contribution in [1.82, 2.24) is 25.4 Å². The lowest BCUT2D eigenvalue weighted by molar-refractivity contribution is -0.144. The lowest BCUT2D eigenvalue weighted by atomic mass is 9.85. The molecule has 2 aromatic heterocycles. The highest BCUT2D eigenvalue weighted by Gasteiger charge is 2.44. The van der Waals surface area contributed by atoms with E-state index in [4.69, 9.17) is 14.2 Å². The second-order valence-electron chi connectivity index (χ2n) is 18.8. The van der Waals surface area contributed by atoms with Crippen molar-refractivity contribution in [2.45, 2.75) is 77.6 Å². The van der Waals surface area contributed by atoms with E-state index in [1.54, 1.807) is 35.6 Å². The zero-order valence-corrected chi connectivity index (χ0v) is 41.0. The van der Waals surface area contributed by atoms with Crippen molar-refractivity contribution in [3.8, 4) is 38.1 Å². The molecule has 364 valence electrons. The normalized spacial score (nSPS) is 17.3. The van der Waals surface area contributed by atoms with Crippen molar-refractivity contribution >= 4 is 50.5 Å². The molecular weight excluding hydrogens is 918 g/mol. The lowest BCUT2D eigenvalue weighted by Gasteiger charge is -2.35. The number of rotatable bonds is 18. The third kappa shape index (κ3) is 12.5. The summed E-state index contributed by atoms with van der Waals surface area (Å²) >= 11 is 3.07. The minimum Gasteiger partial charge on any atom is -0.508 e. The van der Waals surface area contributed by atoms with Gasteiger partial charge in [0.25, 0.3) is 0 Å². The summed E-state index contributed by atoms with van der Waals surface area (Å²) in [6.45, 7) is 11.2. The van der Waals surface area contributed by atoms with Gasteiger partial charge in [0.1, 0.15) is 36.0 Å². The van der Waals surface area contributed by atoms with E-state index in [1.165, 1.54) is 33.9 Å². The van der Waals surface area contributed by atoms with Gasteiger partial charge in [-0.2, -0.15) is 0 Å². The number of fused-ring (bicyclic) bond motifs is 1. The predicted molar refractivity (Wildman–Crippen MR) is 267 cm³/mol. The third-order valence-electron chi connectivity index (χ3n) is 12.8. The minimum atomic E-state index is -0.954. The molecule has 0 bridgehead atoms. The number of phenols is 1. The summed E-state index contributed by atoms with van der Waals surface area (Å²) in [6, 6.07) is 25.8. The fourth-order valence-electron chi connectivity index (χ4n) is 8.93. The van der Waals surface area contributed by atoms with Crippen LogP contribution < -0.4 is 15.4 Å². The Balaban J connectivity index is 0.731. The van der Waals surface area contributed by atoms with Gasteiger partial charge in [-0.3, -0.25) is 14.4 Å². The number of aromatic hydroxyl groups is 1. The van der Waals surface area contributed by atoms with Crippen molar-refractivity contribution in [1.29, 1.82) is 0 Å². The molecule has 6 aromatic rings. The van der Waals surface area contributed by atoms with Gasteiger partial charge < -0.3 is 44.9 Å². The molecule has 16 heteroatoms. The largest absolute Gasteiger partial charge is 0.508 e. The number of hydrogen-bond acceptors (Lipinski definition) is 12. The summed E-state index contributed by atoms with van der Waals surface area (Å²) in [6.07, 6.45) is 1.26. The number of aromatic nitrogens is 1. The molecule has 13 nitrogen and oxygen atoms in total. The van der Waals surface area contributed by atoms with Gasteiger partial charge in [-0.1, -0.05) is 69.3 Å². The average Bonchev–Trinajstić information content (AvgIpc) is 4.06. The highest BCUT2D eigenvalue weighted by Crippen LogP contribution is 2.47. The third-order valence-corrected chi connectivity index (χ3v) is 14.9. The molecule has 8 rings (SSSR count). The monoisotopic (exact) mass is 977 g/mol. The molecule has 0 saturated carbocycles. The summed E-state index contributed by atoms with van der Waals surface area (Å²) in [5.74, 6) is 0.412. The standard InChI is InChI=1S/C53H60FN5O8S2/c1-33-48(68-32-56-33)37-7-5-34(6-8-37)29-55-51(63)44-27-41(61)30-59(44)52(64)50(53(2,3)4)57-46(62)31-66-26-25-65-24-23-58-21-19-36(20-22-58)35-11-16-42(17-12-35)67-47-43-18-15-40(60)28-45(43)69-49(47)38-9-13-39(54)14-10-38/h5-18,28,32,36,41,44,50,60-61H,19-27,29-31H2,1-4H3,(H,55,63)(H,57,62)/t41-,44+,50?/m1/s1. The van der Waals surface area contributed by atoms with Crippen molar-refractivity contribution in [2.75, 3.05) is 52.6 Å². The number of amides is 3. The maximum Gasteiger partial charge on any atom is 0.246 e. The molecule has 2 aliphatic rings. The Kier molecular flexibility index (Phi) is 16.1. The Morgan fingerprint density at radius 1 is 0.899 bits per heavy atom. The molecule has 2 fully saturated rings. The first kappa shape index (κ1) is 49.7. The van der Waals surface area contributed by atoms with E-state index < -0.39 is 35.4 Å². The van der Waals surface area contributed by atoms with E-state index in [-0.39, 0.29) is 50.2 Å². The molecule has 1 unspecified atom stereocenters. The number of halogens is 1.